The zero-order valence-electron chi connectivity index (χ0n) is 6.39. The molecule has 0 aliphatic rings. The molecule has 0 aliphatic heterocycles. The molecular weight excluding hydrogens is 114 g/mol. The van der Waals surface area contributed by atoms with Crippen LogP contribution in [0.15, 0.2) is 0 Å². The van der Waals surface area contributed by atoms with Crippen molar-refractivity contribution in [2.75, 3.05) is 26.8 Å². The van der Waals surface area contributed by atoms with Gasteiger partial charge in [0.25, 0.3) is 0 Å². The van der Waals surface area contributed by atoms with E-state index in [-0.39, 0.29) is 0 Å². The highest BCUT2D eigenvalue weighted by atomic mass is 16.5. The van der Waals surface area contributed by atoms with Gasteiger partial charge in [0.1, 0.15) is 0 Å². The first-order chi connectivity index (χ1) is 4.41. The maximum Gasteiger partial charge on any atom is 0.0463 e. The summed E-state index contributed by atoms with van der Waals surface area (Å²) in [5.41, 5.74) is 0. The van der Waals surface area contributed by atoms with Gasteiger partial charge in [0.05, 0.1) is 0 Å². The molecule has 0 rings (SSSR count). The fourth-order valence-corrected chi connectivity index (χ4v) is 0.571. The van der Waals surface area contributed by atoms with E-state index in [4.69, 9.17) is 4.74 Å². The van der Waals surface area contributed by atoms with Crippen LogP contribution in [0.3, 0.4) is 0 Å². The molecule has 56 valence electrons. The standard InChI is InChI=1S/C7H16NO/c1-3-6-9-7-4-5-8-2/h3-7H2,1-2H3/q-1. The van der Waals surface area contributed by atoms with Gasteiger partial charge < -0.3 is 10.1 Å². The van der Waals surface area contributed by atoms with Crippen LogP contribution in [0, 0.1) is 0 Å². The number of rotatable bonds is 6. The van der Waals surface area contributed by atoms with Crippen molar-refractivity contribution >= 4 is 0 Å². The Morgan fingerprint density at radius 3 is 2.67 bits per heavy atom. The van der Waals surface area contributed by atoms with E-state index in [0.29, 0.717) is 0 Å². The van der Waals surface area contributed by atoms with Gasteiger partial charge >= 0.3 is 0 Å². The summed E-state index contributed by atoms with van der Waals surface area (Å²) in [6.45, 7) is 4.81. The van der Waals surface area contributed by atoms with Gasteiger partial charge in [0.2, 0.25) is 0 Å². The third-order valence-corrected chi connectivity index (χ3v) is 1.02. The second-order valence-electron chi connectivity index (χ2n) is 2.01. The van der Waals surface area contributed by atoms with Crippen molar-refractivity contribution in [3.8, 4) is 0 Å². The topological polar surface area (TPSA) is 23.3 Å². The van der Waals surface area contributed by atoms with E-state index in [0.717, 1.165) is 32.6 Å². The highest BCUT2D eigenvalue weighted by molar-refractivity contribution is 4.67. The Kier molecular flexibility index (Phi) is 7.85. The molecule has 2 nitrogen and oxygen atoms in total. The van der Waals surface area contributed by atoms with E-state index in [9.17, 15) is 0 Å². The normalized spacial score (nSPS) is 10.0. The molecule has 0 bridgehead atoms. The number of ether oxygens (including phenoxy) is 1. The zero-order valence-corrected chi connectivity index (χ0v) is 6.39. The fourth-order valence-electron chi connectivity index (χ4n) is 0.571. The molecule has 0 saturated heterocycles. The third-order valence-electron chi connectivity index (χ3n) is 1.02. The van der Waals surface area contributed by atoms with Crippen LogP contribution in [0.4, 0.5) is 0 Å². The lowest BCUT2D eigenvalue weighted by molar-refractivity contribution is 0.135. The fraction of sp³-hybridized carbons (Fsp3) is 1.00. The van der Waals surface area contributed by atoms with E-state index < -0.39 is 0 Å². The van der Waals surface area contributed by atoms with Crippen LogP contribution in [-0.2, 0) is 4.74 Å². The number of nitrogens with zero attached hydrogens (tertiary/aromatic N) is 1. The highest BCUT2D eigenvalue weighted by Crippen LogP contribution is 1.87. The van der Waals surface area contributed by atoms with Crippen molar-refractivity contribution in [1.82, 2.24) is 0 Å². The maximum absolute atomic E-state index is 5.22. The van der Waals surface area contributed by atoms with E-state index in [1.165, 1.54) is 0 Å². The minimum absolute atomic E-state index is 0.866. The SMILES string of the molecule is CCCOCCC[N-]C. The van der Waals surface area contributed by atoms with Gasteiger partial charge in [-0.25, -0.2) is 0 Å². The van der Waals surface area contributed by atoms with Crippen molar-refractivity contribution < 1.29 is 4.74 Å². The Labute approximate surface area is 57.6 Å². The average Bonchev–Trinajstić information content (AvgIpc) is 1.89. The summed E-state index contributed by atoms with van der Waals surface area (Å²) in [5.74, 6) is 0. The van der Waals surface area contributed by atoms with Gasteiger partial charge in [0, 0.05) is 13.2 Å². The van der Waals surface area contributed by atoms with Crippen LogP contribution in [0.5, 0.6) is 0 Å². The molecule has 0 atom stereocenters. The molecule has 2 heteroatoms. The maximum atomic E-state index is 5.22. The van der Waals surface area contributed by atoms with Gasteiger partial charge in [0.15, 0.2) is 0 Å². The van der Waals surface area contributed by atoms with Crippen molar-refractivity contribution in [1.29, 1.82) is 0 Å². The monoisotopic (exact) mass is 130 g/mol. The second kappa shape index (κ2) is 7.92. The molecule has 0 amide bonds. The molecule has 0 aromatic rings. The van der Waals surface area contributed by atoms with Gasteiger partial charge in [-0.2, -0.15) is 7.05 Å². The Hall–Kier alpha value is -0.0800. The van der Waals surface area contributed by atoms with Crippen LogP contribution in [0.2, 0.25) is 0 Å². The predicted octanol–water partition coefficient (Wildman–Crippen LogP) is 1.81. The molecule has 0 heterocycles. The van der Waals surface area contributed by atoms with Crippen LogP contribution >= 0.6 is 0 Å². The summed E-state index contributed by atoms with van der Waals surface area (Å²) in [6, 6.07) is 0. The van der Waals surface area contributed by atoms with Crippen molar-refractivity contribution in [2.24, 2.45) is 0 Å². The first-order valence-electron chi connectivity index (χ1n) is 3.55. The third kappa shape index (κ3) is 7.92. The molecule has 0 radical (unpaired) electrons. The molecular formula is C7H16NO-. The van der Waals surface area contributed by atoms with Crippen molar-refractivity contribution in [3.05, 3.63) is 5.32 Å². The Balaban J connectivity index is 2.60. The van der Waals surface area contributed by atoms with E-state index in [2.05, 4.69) is 12.2 Å². The van der Waals surface area contributed by atoms with Crippen LogP contribution in [0.1, 0.15) is 19.8 Å². The molecule has 0 fully saturated rings. The Morgan fingerprint density at radius 2 is 2.11 bits per heavy atom. The first-order valence-corrected chi connectivity index (χ1v) is 3.55. The van der Waals surface area contributed by atoms with Crippen molar-refractivity contribution in [3.63, 3.8) is 0 Å². The molecule has 0 aromatic heterocycles. The molecule has 0 saturated carbocycles. The van der Waals surface area contributed by atoms with E-state index in [1.807, 2.05) is 7.05 Å². The van der Waals surface area contributed by atoms with Crippen LogP contribution in [-0.4, -0.2) is 26.8 Å². The van der Waals surface area contributed by atoms with Crippen molar-refractivity contribution in [2.45, 2.75) is 19.8 Å². The molecule has 0 aromatic carbocycles. The Morgan fingerprint density at radius 1 is 1.33 bits per heavy atom. The summed E-state index contributed by atoms with van der Waals surface area (Å²) in [4.78, 5) is 0. The minimum atomic E-state index is 0.866. The lowest BCUT2D eigenvalue weighted by Gasteiger charge is -2.09. The molecule has 9 heavy (non-hydrogen) atoms. The van der Waals surface area contributed by atoms with E-state index >= 15 is 0 Å². The lowest BCUT2D eigenvalue weighted by atomic mass is 10.4. The Bertz CT molecular complexity index is 42.2. The number of hydrogen-bond acceptors (Lipinski definition) is 1. The van der Waals surface area contributed by atoms with Gasteiger partial charge in [-0.05, 0) is 12.8 Å². The van der Waals surface area contributed by atoms with Gasteiger partial charge in [-0.15, -0.1) is 6.54 Å². The average molecular weight is 130 g/mol. The van der Waals surface area contributed by atoms with Crippen LogP contribution in [0.25, 0.3) is 5.32 Å². The lowest BCUT2D eigenvalue weighted by Crippen LogP contribution is -1.97. The molecule has 0 N–H and O–H groups in total. The molecule has 0 spiro atoms. The summed E-state index contributed by atoms with van der Waals surface area (Å²) in [7, 11) is 1.83. The summed E-state index contributed by atoms with van der Waals surface area (Å²) in [5, 5.41) is 3.95. The van der Waals surface area contributed by atoms with Crippen LogP contribution < -0.4 is 0 Å². The summed E-state index contributed by atoms with van der Waals surface area (Å²) < 4.78 is 5.22. The molecule has 0 aliphatic carbocycles. The summed E-state index contributed by atoms with van der Waals surface area (Å²) >= 11 is 0. The zero-order chi connectivity index (χ0) is 6.95. The predicted molar refractivity (Wildman–Crippen MR) is 39.9 cm³/mol. The summed E-state index contributed by atoms with van der Waals surface area (Å²) in [6.07, 6.45) is 2.18. The van der Waals surface area contributed by atoms with Gasteiger partial charge in [-0.1, -0.05) is 6.92 Å². The van der Waals surface area contributed by atoms with E-state index in [1.54, 1.807) is 0 Å². The second-order valence-corrected chi connectivity index (χ2v) is 2.01. The highest BCUT2D eigenvalue weighted by Gasteiger charge is 1.80. The first kappa shape index (κ1) is 8.92. The quantitative estimate of drug-likeness (QED) is 0.503. The smallest absolute Gasteiger partial charge is 0.0463 e. The van der Waals surface area contributed by atoms with Gasteiger partial charge in [-0.3, -0.25) is 0 Å². The minimum Gasteiger partial charge on any atom is -0.665 e. The number of hydrogen-bond donors (Lipinski definition) is 0. The largest absolute Gasteiger partial charge is 0.665 e. The molecule has 0 unspecified atom stereocenters.